The van der Waals surface area contributed by atoms with Crippen LogP contribution in [-0.2, 0) is 11.3 Å². The van der Waals surface area contributed by atoms with Gasteiger partial charge in [-0.05, 0) is 26.2 Å². The standard InChI is InChI=1S/C18H20F3N5O3/c1-10-15(24-8-11-2-3-12(9-24)28-11)23-17-25(16(10)27)7-5-13(18(19,20)21)26(17)14-4-6-22-29-14/h4,6,11-13H,2-3,5,7-9H2,1H3/t11?,12?,13-/m0/s1. The molecule has 8 nitrogen and oxygen atoms in total. The molecule has 29 heavy (non-hydrogen) atoms. The first kappa shape index (κ1) is 18.5. The number of alkyl halides is 3. The van der Waals surface area contributed by atoms with Crippen molar-refractivity contribution in [1.82, 2.24) is 14.7 Å². The van der Waals surface area contributed by atoms with Crippen LogP contribution in [0, 0.1) is 6.92 Å². The van der Waals surface area contributed by atoms with Crippen LogP contribution >= 0.6 is 0 Å². The van der Waals surface area contributed by atoms with Gasteiger partial charge in [-0.25, -0.2) is 0 Å². The van der Waals surface area contributed by atoms with Crippen molar-refractivity contribution in [2.45, 2.75) is 57.2 Å². The number of anilines is 3. The third-order valence-corrected chi connectivity index (χ3v) is 5.88. The monoisotopic (exact) mass is 411 g/mol. The molecular weight excluding hydrogens is 391 g/mol. The van der Waals surface area contributed by atoms with Gasteiger partial charge in [0.05, 0.1) is 24.0 Å². The van der Waals surface area contributed by atoms with E-state index in [-0.39, 0.29) is 42.6 Å². The molecule has 0 radical (unpaired) electrons. The third kappa shape index (κ3) is 2.98. The van der Waals surface area contributed by atoms with Crippen molar-refractivity contribution in [3.05, 3.63) is 28.2 Å². The summed E-state index contributed by atoms with van der Waals surface area (Å²) in [5, 5.41) is 3.54. The molecule has 2 fully saturated rings. The average molecular weight is 411 g/mol. The Labute approximate surface area is 163 Å². The number of morpholine rings is 1. The molecule has 3 aliphatic rings. The highest BCUT2D eigenvalue weighted by Crippen LogP contribution is 2.40. The first-order chi connectivity index (χ1) is 13.8. The van der Waals surface area contributed by atoms with Crippen molar-refractivity contribution in [2.75, 3.05) is 22.9 Å². The highest BCUT2D eigenvalue weighted by Gasteiger charge is 2.49. The zero-order valence-corrected chi connectivity index (χ0v) is 15.7. The highest BCUT2D eigenvalue weighted by molar-refractivity contribution is 5.58. The average Bonchev–Trinajstić information content (AvgIpc) is 3.32. The molecule has 2 bridgehead atoms. The Bertz CT molecular complexity index is 962. The van der Waals surface area contributed by atoms with Crippen LogP contribution < -0.4 is 15.4 Å². The molecule has 3 atom stereocenters. The van der Waals surface area contributed by atoms with Gasteiger partial charge in [0.15, 0.2) is 0 Å². The maximum absolute atomic E-state index is 13.8. The fourth-order valence-corrected chi connectivity index (χ4v) is 4.52. The molecule has 2 saturated heterocycles. The molecule has 3 aliphatic heterocycles. The summed E-state index contributed by atoms with van der Waals surface area (Å²) in [6, 6.07) is -0.506. The molecule has 156 valence electrons. The Morgan fingerprint density at radius 2 is 1.90 bits per heavy atom. The minimum absolute atomic E-state index is 0.0574. The summed E-state index contributed by atoms with van der Waals surface area (Å²) in [7, 11) is 0. The Morgan fingerprint density at radius 1 is 1.17 bits per heavy atom. The molecule has 2 aromatic rings. The summed E-state index contributed by atoms with van der Waals surface area (Å²) in [6.45, 7) is 2.74. The molecule has 2 unspecified atom stereocenters. The van der Waals surface area contributed by atoms with E-state index in [0.29, 0.717) is 24.5 Å². The summed E-state index contributed by atoms with van der Waals surface area (Å²) >= 11 is 0. The summed E-state index contributed by atoms with van der Waals surface area (Å²) in [5.41, 5.74) is 0.0898. The maximum Gasteiger partial charge on any atom is 0.409 e. The van der Waals surface area contributed by atoms with Crippen LogP contribution in [0.4, 0.5) is 30.8 Å². The normalized spacial score (nSPS) is 26.7. The first-order valence-corrected chi connectivity index (χ1v) is 9.61. The van der Waals surface area contributed by atoms with Crippen molar-refractivity contribution in [3.63, 3.8) is 0 Å². The molecule has 2 aromatic heterocycles. The van der Waals surface area contributed by atoms with Gasteiger partial charge in [-0.2, -0.15) is 18.2 Å². The van der Waals surface area contributed by atoms with E-state index in [2.05, 4.69) is 10.1 Å². The number of aromatic nitrogens is 3. The SMILES string of the molecule is Cc1c(N2CC3CCC(C2)O3)nc2n(c1=O)CC[C@@H](C(F)(F)F)N2c1ccno1. The van der Waals surface area contributed by atoms with E-state index in [1.54, 1.807) is 6.92 Å². The van der Waals surface area contributed by atoms with E-state index in [1.165, 1.54) is 16.8 Å². The van der Waals surface area contributed by atoms with Crippen molar-refractivity contribution in [1.29, 1.82) is 0 Å². The van der Waals surface area contributed by atoms with Crippen LogP contribution in [0.2, 0.25) is 0 Å². The zero-order chi connectivity index (χ0) is 20.3. The second-order valence-electron chi connectivity index (χ2n) is 7.75. The number of halogens is 3. The van der Waals surface area contributed by atoms with Crippen molar-refractivity contribution in [3.8, 4) is 0 Å². The Morgan fingerprint density at radius 3 is 2.52 bits per heavy atom. The van der Waals surface area contributed by atoms with Gasteiger partial charge < -0.3 is 14.2 Å². The molecule has 0 amide bonds. The topological polar surface area (TPSA) is 76.6 Å². The number of fused-ring (bicyclic) bond motifs is 3. The van der Waals surface area contributed by atoms with Gasteiger partial charge in [0.25, 0.3) is 5.56 Å². The van der Waals surface area contributed by atoms with Gasteiger partial charge in [0, 0.05) is 25.7 Å². The minimum Gasteiger partial charge on any atom is -0.371 e. The summed E-state index contributed by atoms with van der Waals surface area (Å²) < 4.78 is 53.5. The van der Waals surface area contributed by atoms with Crippen molar-refractivity contribution < 1.29 is 22.4 Å². The Balaban J connectivity index is 1.64. The van der Waals surface area contributed by atoms with E-state index in [9.17, 15) is 18.0 Å². The predicted molar refractivity (Wildman–Crippen MR) is 96.4 cm³/mol. The van der Waals surface area contributed by atoms with E-state index < -0.39 is 12.2 Å². The summed E-state index contributed by atoms with van der Waals surface area (Å²) in [5.74, 6) is 0.248. The van der Waals surface area contributed by atoms with E-state index in [1.807, 2.05) is 4.90 Å². The number of hydrogen-bond acceptors (Lipinski definition) is 7. The van der Waals surface area contributed by atoms with Gasteiger partial charge in [0.1, 0.15) is 11.9 Å². The number of hydrogen-bond donors (Lipinski definition) is 0. The lowest BCUT2D eigenvalue weighted by atomic mass is 10.1. The van der Waals surface area contributed by atoms with Crippen LogP contribution in [0.15, 0.2) is 21.6 Å². The fraction of sp³-hybridized carbons (Fsp3) is 0.611. The lowest BCUT2D eigenvalue weighted by molar-refractivity contribution is -0.151. The second kappa shape index (κ2) is 6.48. The molecule has 11 heteroatoms. The molecular formula is C18H20F3N5O3. The Kier molecular flexibility index (Phi) is 4.12. The first-order valence-electron chi connectivity index (χ1n) is 9.61. The molecule has 0 saturated carbocycles. The van der Waals surface area contributed by atoms with Gasteiger partial charge in [-0.1, -0.05) is 5.16 Å². The molecule has 0 aromatic carbocycles. The smallest absolute Gasteiger partial charge is 0.371 e. The second-order valence-corrected chi connectivity index (χ2v) is 7.75. The molecule has 0 aliphatic carbocycles. The van der Waals surface area contributed by atoms with Gasteiger partial charge in [-0.15, -0.1) is 0 Å². The lowest BCUT2D eigenvalue weighted by Crippen LogP contribution is -2.51. The van der Waals surface area contributed by atoms with Crippen LogP contribution in [0.25, 0.3) is 0 Å². The number of ether oxygens (including phenoxy) is 1. The summed E-state index contributed by atoms with van der Waals surface area (Å²) in [4.78, 5) is 20.5. The van der Waals surface area contributed by atoms with E-state index in [0.717, 1.165) is 17.7 Å². The quantitative estimate of drug-likeness (QED) is 0.751. The van der Waals surface area contributed by atoms with Gasteiger partial charge in [-0.3, -0.25) is 14.3 Å². The minimum atomic E-state index is -4.51. The largest absolute Gasteiger partial charge is 0.409 e. The van der Waals surface area contributed by atoms with Gasteiger partial charge in [0.2, 0.25) is 11.8 Å². The fourth-order valence-electron chi connectivity index (χ4n) is 4.52. The van der Waals surface area contributed by atoms with E-state index >= 15 is 0 Å². The predicted octanol–water partition coefficient (Wildman–Crippen LogP) is 2.38. The molecule has 5 rings (SSSR count). The van der Waals surface area contributed by atoms with Crippen LogP contribution in [0.5, 0.6) is 0 Å². The maximum atomic E-state index is 13.8. The molecule has 0 spiro atoms. The molecule has 5 heterocycles. The van der Waals surface area contributed by atoms with Gasteiger partial charge >= 0.3 is 6.18 Å². The van der Waals surface area contributed by atoms with Crippen molar-refractivity contribution in [2.24, 2.45) is 0 Å². The molecule has 0 N–H and O–H groups in total. The van der Waals surface area contributed by atoms with Crippen LogP contribution in [0.1, 0.15) is 24.8 Å². The van der Waals surface area contributed by atoms with E-state index in [4.69, 9.17) is 9.26 Å². The number of rotatable bonds is 2. The Hall–Kier alpha value is -2.56. The number of nitrogens with zero attached hydrogens (tertiary/aromatic N) is 5. The van der Waals surface area contributed by atoms with Crippen molar-refractivity contribution >= 4 is 17.7 Å². The lowest BCUT2D eigenvalue weighted by Gasteiger charge is -2.39. The third-order valence-electron chi connectivity index (χ3n) is 5.88. The van der Waals surface area contributed by atoms with Crippen LogP contribution in [0.3, 0.4) is 0 Å². The zero-order valence-electron chi connectivity index (χ0n) is 15.7. The summed E-state index contributed by atoms with van der Waals surface area (Å²) in [6.07, 6.45) is -1.54. The highest BCUT2D eigenvalue weighted by atomic mass is 19.4. The van der Waals surface area contributed by atoms with Crippen LogP contribution in [-0.4, -0.2) is 52.2 Å².